The molecule has 0 bridgehead atoms. The lowest BCUT2D eigenvalue weighted by Crippen LogP contribution is -2.44. The average molecular weight is 581 g/mol. The van der Waals surface area contributed by atoms with Crippen molar-refractivity contribution in [1.29, 1.82) is 0 Å². The van der Waals surface area contributed by atoms with Gasteiger partial charge in [-0.25, -0.2) is 18.2 Å². The van der Waals surface area contributed by atoms with E-state index in [9.17, 15) is 22.4 Å². The number of hydrogen-bond donors (Lipinski definition) is 2. The molecule has 0 spiro atoms. The molecule has 3 aromatic rings. The van der Waals surface area contributed by atoms with Gasteiger partial charge in [-0.3, -0.25) is 4.79 Å². The van der Waals surface area contributed by atoms with Crippen LogP contribution in [0.2, 0.25) is 0 Å². The van der Waals surface area contributed by atoms with E-state index in [0.717, 1.165) is 5.56 Å². The van der Waals surface area contributed by atoms with Gasteiger partial charge in [0.2, 0.25) is 5.95 Å². The van der Waals surface area contributed by atoms with Crippen LogP contribution in [0.4, 0.5) is 15.0 Å². The van der Waals surface area contributed by atoms with E-state index in [1.54, 1.807) is 51.1 Å². The molecule has 1 aromatic heterocycles. The minimum absolute atomic E-state index is 0.0170. The van der Waals surface area contributed by atoms with Crippen molar-refractivity contribution >= 4 is 27.7 Å². The van der Waals surface area contributed by atoms with Gasteiger partial charge in [-0.05, 0) is 81.0 Å². The first-order valence-electron chi connectivity index (χ1n) is 13.5. The average Bonchev–Trinajstić information content (AvgIpc) is 2.92. The number of ether oxygens (including phenoxy) is 1. The number of amides is 2. The first-order valence-corrected chi connectivity index (χ1v) is 15.1. The smallest absolute Gasteiger partial charge is 0.410 e. The number of likely N-dealkylation sites (tertiary alicyclic amines) is 1. The molecule has 0 saturated carbocycles. The molecular formula is C30H33FN4O5S. The molecular weight excluding hydrogens is 547 g/mol. The third-order valence-electron chi connectivity index (χ3n) is 7.37. The molecule has 11 heteroatoms. The predicted molar refractivity (Wildman–Crippen MR) is 154 cm³/mol. The maximum absolute atomic E-state index is 15.0. The van der Waals surface area contributed by atoms with Crippen molar-refractivity contribution in [2.45, 2.75) is 55.8 Å². The Hall–Kier alpha value is -3.99. The molecule has 1 fully saturated rings. The number of halogens is 1. The highest BCUT2D eigenvalue weighted by Crippen LogP contribution is 2.34. The molecule has 216 valence electrons. The van der Waals surface area contributed by atoms with Crippen LogP contribution >= 0.6 is 0 Å². The van der Waals surface area contributed by atoms with Gasteiger partial charge in [0.25, 0.3) is 5.91 Å². The fourth-order valence-electron chi connectivity index (χ4n) is 5.22. The lowest BCUT2D eigenvalue weighted by Gasteiger charge is -2.33. The van der Waals surface area contributed by atoms with E-state index >= 15 is 0 Å². The van der Waals surface area contributed by atoms with Gasteiger partial charge in [0.15, 0.2) is 9.84 Å². The zero-order valence-electron chi connectivity index (χ0n) is 23.2. The molecule has 0 radical (unpaired) electrons. The minimum atomic E-state index is -3.67. The zero-order valence-corrected chi connectivity index (χ0v) is 24.1. The lowest BCUT2D eigenvalue weighted by molar-refractivity contribution is 0.0217. The predicted octanol–water partition coefficient (Wildman–Crippen LogP) is 4.60. The molecule has 0 unspecified atom stereocenters. The highest BCUT2D eigenvalue weighted by Gasteiger charge is 2.34. The van der Waals surface area contributed by atoms with Crippen molar-refractivity contribution in [2.24, 2.45) is 0 Å². The SMILES string of the molecule is CC(C)(C)OC(=O)N1CCC(S(=O)(=O)c2ccc(-c3cc(-c4ccc5c(c4)CCNC5=O)c(N)nc3F)cc2)CC1. The Bertz CT molecular complexity index is 1610. The number of nitrogens with one attached hydrogen (secondary N) is 1. The molecule has 1 saturated heterocycles. The van der Waals surface area contributed by atoms with E-state index in [0.29, 0.717) is 48.1 Å². The first-order chi connectivity index (χ1) is 19.3. The summed E-state index contributed by atoms with van der Waals surface area (Å²) in [4.78, 5) is 30.0. The highest BCUT2D eigenvalue weighted by atomic mass is 32.2. The summed E-state index contributed by atoms with van der Waals surface area (Å²) in [6.07, 6.45) is 0.820. The van der Waals surface area contributed by atoms with Gasteiger partial charge < -0.3 is 20.7 Å². The van der Waals surface area contributed by atoms with E-state index in [1.807, 2.05) is 6.07 Å². The number of rotatable bonds is 4. The molecule has 2 aromatic carbocycles. The number of carbonyl (C=O) groups excluding carboxylic acids is 2. The number of fused-ring (bicyclic) bond motifs is 1. The van der Waals surface area contributed by atoms with Crippen LogP contribution < -0.4 is 11.1 Å². The number of benzene rings is 2. The molecule has 3 N–H and O–H groups in total. The number of nitrogen functional groups attached to an aromatic ring is 1. The number of sulfone groups is 1. The van der Waals surface area contributed by atoms with Gasteiger partial charge >= 0.3 is 6.09 Å². The number of pyridine rings is 1. The summed E-state index contributed by atoms with van der Waals surface area (Å²) in [6.45, 7) is 6.47. The summed E-state index contributed by atoms with van der Waals surface area (Å²) >= 11 is 0. The minimum Gasteiger partial charge on any atom is -0.444 e. The molecule has 41 heavy (non-hydrogen) atoms. The summed E-state index contributed by atoms with van der Waals surface area (Å²) in [6, 6.07) is 13.0. The monoisotopic (exact) mass is 580 g/mol. The molecule has 0 aliphatic carbocycles. The second kappa shape index (κ2) is 10.8. The normalized spacial score (nSPS) is 16.2. The van der Waals surface area contributed by atoms with Crippen molar-refractivity contribution < 1.29 is 27.1 Å². The molecule has 2 amide bonds. The lowest BCUT2D eigenvalue weighted by atomic mass is 9.94. The van der Waals surface area contributed by atoms with E-state index in [-0.39, 0.29) is 35.3 Å². The molecule has 2 aliphatic heterocycles. The van der Waals surface area contributed by atoms with Crippen LogP contribution in [0.3, 0.4) is 0 Å². The second-order valence-corrected chi connectivity index (χ2v) is 13.6. The van der Waals surface area contributed by atoms with Crippen molar-refractivity contribution in [3.8, 4) is 22.3 Å². The second-order valence-electron chi connectivity index (χ2n) is 11.4. The number of piperidine rings is 1. The van der Waals surface area contributed by atoms with Gasteiger partial charge in [0, 0.05) is 36.3 Å². The van der Waals surface area contributed by atoms with Crippen molar-refractivity contribution in [2.75, 3.05) is 25.4 Å². The van der Waals surface area contributed by atoms with Gasteiger partial charge in [0.1, 0.15) is 11.4 Å². The molecule has 2 aliphatic rings. The van der Waals surface area contributed by atoms with E-state index in [4.69, 9.17) is 10.5 Å². The van der Waals surface area contributed by atoms with Crippen LogP contribution in [0, 0.1) is 5.95 Å². The maximum Gasteiger partial charge on any atom is 0.410 e. The number of anilines is 1. The van der Waals surface area contributed by atoms with Gasteiger partial charge in [-0.2, -0.15) is 4.39 Å². The number of aromatic nitrogens is 1. The Morgan fingerprint density at radius 2 is 1.68 bits per heavy atom. The Morgan fingerprint density at radius 1 is 1.02 bits per heavy atom. The Balaban J connectivity index is 1.35. The number of nitrogens with two attached hydrogens (primary N) is 1. The van der Waals surface area contributed by atoms with Crippen molar-refractivity contribution in [3.63, 3.8) is 0 Å². The van der Waals surface area contributed by atoms with Gasteiger partial charge in [-0.15, -0.1) is 0 Å². The van der Waals surface area contributed by atoms with Gasteiger partial charge in [0.05, 0.1) is 10.1 Å². The third kappa shape index (κ3) is 5.90. The topological polar surface area (TPSA) is 132 Å². The quantitative estimate of drug-likeness (QED) is 0.431. The number of hydrogen-bond acceptors (Lipinski definition) is 7. The summed E-state index contributed by atoms with van der Waals surface area (Å²) < 4.78 is 47.1. The maximum atomic E-state index is 15.0. The van der Waals surface area contributed by atoms with Gasteiger partial charge in [-0.1, -0.05) is 24.3 Å². The van der Waals surface area contributed by atoms with Crippen LogP contribution in [0.1, 0.15) is 49.5 Å². The highest BCUT2D eigenvalue weighted by molar-refractivity contribution is 7.92. The largest absolute Gasteiger partial charge is 0.444 e. The molecule has 0 atom stereocenters. The fourth-order valence-corrected chi connectivity index (χ4v) is 6.96. The summed E-state index contributed by atoms with van der Waals surface area (Å²) in [5.74, 6) is -0.885. The van der Waals surface area contributed by atoms with E-state index in [2.05, 4.69) is 10.3 Å². The number of carbonyl (C=O) groups is 2. The van der Waals surface area contributed by atoms with Crippen LogP contribution in [-0.2, 0) is 21.0 Å². The molecule has 9 nitrogen and oxygen atoms in total. The molecule has 5 rings (SSSR count). The van der Waals surface area contributed by atoms with Crippen LogP contribution in [0.25, 0.3) is 22.3 Å². The van der Waals surface area contributed by atoms with E-state index in [1.165, 1.54) is 17.0 Å². The third-order valence-corrected chi connectivity index (χ3v) is 9.65. The van der Waals surface area contributed by atoms with Crippen molar-refractivity contribution in [3.05, 3.63) is 65.6 Å². The summed E-state index contributed by atoms with van der Waals surface area (Å²) in [7, 11) is -3.67. The molecule has 3 heterocycles. The summed E-state index contributed by atoms with van der Waals surface area (Å²) in [5.41, 5.74) is 8.79. The van der Waals surface area contributed by atoms with Crippen molar-refractivity contribution in [1.82, 2.24) is 15.2 Å². The summed E-state index contributed by atoms with van der Waals surface area (Å²) in [5, 5.41) is 2.17. The Morgan fingerprint density at radius 3 is 2.34 bits per heavy atom. The number of nitrogens with zero attached hydrogens (tertiary/aromatic N) is 2. The Kier molecular flexibility index (Phi) is 7.50. The first kappa shape index (κ1) is 28.5. The fraction of sp³-hybridized carbons (Fsp3) is 0.367. The zero-order chi connectivity index (χ0) is 29.5. The standard InChI is InChI=1S/C30H33FN4O5S/c1-30(2,3)40-29(37)35-14-11-22(12-15-35)41(38,39)21-7-4-18(5-8-21)24-17-25(27(32)34-26(24)31)19-6-9-23-20(16-19)10-13-33-28(23)36/h4-9,16-17,22H,10-15H2,1-3H3,(H2,32,34)(H,33,36). The Labute approximate surface area is 238 Å². The van der Waals surface area contributed by atoms with Crippen LogP contribution in [0.5, 0.6) is 0 Å². The van der Waals surface area contributed by atoms with Crippen LogP contribution in [0.15, 0.2) is 53.4 Å². The van der Waals surface area contributed by atoms with E-state index < -0.39 is 32.7 Å². The van der Waals surface area contributed by atoms with Crippen LogP contribution in [-0.4, -0.2) is 60.8 Å².